The smallest absolute Gasteiger partial charge is 0.174 e. The molecule has 1 aromatic carbocycles. The second-order valence-electron chi connectivity index (χ2n) is 6.60. The van der Waals surface area contributed by atoms with Gasteiger partial charge in [-0.25, -0.2) is 0 Å². The van der Waals surface area contributed by atoms with Gasteiger partial charge in [-0.3, -0.25) is 9.59 Å². The van der Waals surface area contributed by atoms with E-state index in [1.165, 1.54) is 13.2 Å². The molecule has 0 fully saturated rings. The number of halogens is 3. The molecule has 0 saturated carbocycles. The summed E-state index contributed by atoms with van der Waals surface area (Å²) >= 11 is 10.6. The Labute approximate surface area is 182 Å². The molecule has 1 aromatic rings. The molecule has 1 N–H and O–H groups in total. The molecule has 0 spiro atoms. The molecule has 0 heterocycles. The number of ether oxygens (including phenoxy) is 1. The lowest BCUT2D eigenvalue weighted by Gasteiger charge is -2.45. The van der Waals surface area contributed by atoms with Gasteiger partial charge in [-0.05, 0) is 74.1 Å². The first-order valence-electron chi connectivity index (χ1n) is 8.21. The lowest BCUT2D eigenvalue weighted by molar-refractivity contribution is -0.128. The number of ketones is 2. The fourth-order valence-corrected chi connectivity index (χ4v) is 5.81. The zero-order chi connectivity index (χ0) is 20.1. The van der Waals surface area contributed by atoms with Crippen molar-refractivity contribution in [3.8, 4) is 11.5 Å². The summed E-state index contributed by atoms with van der Waals surface area (Å²) in [7, 11) is 1.46. The maximum atomic E-state index is 13.1. The van der Waals surface area contributed by atoms with Crippen LogP contribution in [0.3, 0.4) is 0 Å². The van der Waals surface area contributed by atoms with Gasteiger partial charge in [0.25, 0.3) is 0 Å². The molecule has 3 rings (SSSR count). The Morgan fingerprint density at radius 3 is 2.59 bits per heavy atom. The second kappa shape index (κ2) is 7.33. The Morgan fingerprint density at radius 2 is 2.00 bits per heavy atom. The van der Waals surface area contributed by atoms with Crippen molar-refractivity contribution in [3.05, 3.63) is 56.5 Å². The van der Waals surface area contributed by atoms with E-state index in [0.717, 1.165) is 5.57 Å². The molecule has 0 unspecified atom stereocenters. The highest BCUT2D eigenvalue weighted by Crippen LogP contribution is 2.57. The predicted molar refractivity (Wildman–Crippen MR) is 115 cm³/mol. The number of phenolic OH excluding ortho intramolecular Hbond substituents is 1. The summed E-state index contributed by atoms with van der Waals surface area (Å²) in [6.07, 6.45) is 5.51. The van der Waals surface area contributed by atoms with Gasteiger partial charge in [-0.15, -0.1) is 0 Å². The zero-order valence-electron chi connectivity index (χ0n) is 14.7. The van der Waals surface area contributed by atoms with Crippen LogP contribution in [0.15, 0.2) is 51.0 Å². The third kappa shape index (κ3) is 2.98. The molecule has 2 aliphatic carbocycles. The molecule has 27 heavy (non-hydrogen) atoms. The van der Waals surface area contributed by atoms with Gasteiger partial charge < -0.3 is 9.84 Å². The summed E-state index contributed by atoms with van der Waals surface area (Å²) in [5.41, 5.74) is 2.01. The van der Waals surface area contributed by atoms with Crippen LogP contribution in [0, 0.1) is 5.92 Å². The van der Waals surface area contributed by atoms with Gasteiger partial charge >= 0.3 is 0 Å². The molecule has 4 nitrogen and oxygen atoms in total. The van der Waals surface area contributed by atoms with Gasteiger partial charge in [0.2, 0.25) is 0 Å². The Morgan fingerprint density at radius 1 is 1.33 bits per heavy atom. The van der Waals surface area contributed by atoms with E-state index in [4.69, 9.17) is 4.74 Å². The maximum Gasteiger partial charge on any atom is 0.174 e. The van der Waals surface area contributed by atoms with Crippen molar-refractivity contribution >= 4 is 59.4 Å². The lowest BCUT2D eigenvalue weighted by atomic mass is 9.63. The van der Waals surface area contributed by atoms with E-state index < -0.39 is 16.2 Å². The monoisotopic (exact) mass is 558 g/mol. The average Bonchev–Trinajstić information content (AvgIpc) is 2.65. The van der Waals surface area contributed by atoms with E-state index in [1.807, 2.05) is 6.08 Å². The quantitative estimate of drug-likeness (QED) is 0.505. The van der Waals surface area contributed by atoms with Crippen molar-refractivity contribution in [2.24, 2.45) is 5.92 Å². The normalized spacial score (nSPS) is 27.6. The number of carbonyl (C=O) groups is 2. The van der Waals surface area contributed by atoms with Crippen LogP contribution in [0.5, 0.6) is 11.5 Å². The molecular formula is C20H17Br3O4. The molecule has 2 aliphatic rings. The molecule has 3 atom stereocenters. The van der Waals surface area contributed by atoms with Gasteiger partial charge in [0.15, 0.2) is 23.1 Å². The lowest BCUT2D eigenvalue weighted by Crippen LogP contribution is -2.53. The Hall–Kier alpha value is -1.18. The third-order valence-corrected chi connectivity index (χ3v) is 8.78. The summed E-state index contributed by atoms with van der Waals surface area (Å²) in [4.78, 5) is 25.9. The number of methoxy groups -OCH3 is 1. The van der Waals surface area contributed by atoms with E-state index in [-0.39, 0.29) is 23.1 Å². The fraction of sp³-hybridized carbons (Fsp3) is 0.300. The van der Waals surface area contributed by atoms with Crippen LogP contribution in [0.1, 0.15) is 24.8 Å². The van der Waals surface area contributed by atoms with E-state index >= 15 is 0 Å². The first kappa shape index (κ1) is 20.6. The van der Waals surface area contributed by atoms with Crippen LogP contribution in [0.2, 0.25) is 0 Å². The Kier molecular flexibility index (Phi) is 5.58. The number of aromatic hydroxyl groups is 1. The number of rotatable bonds is 3. The number of carbonyl (C=O) groups excluding carboxylic acids is 2. The molecule has 0 bridgehead atoms. The summed E-state index contributed by atoms with van der Waals surface area (Å²) in [5, 5.41) is 10.3. The minimum atomic E-state index is -1.13. The van der Waals surface area contributed by atoms with Crippen LogP contribution in [0.4, 0.5) is 0 Å². The number of hydrogen-bond donors (Lipinski definition) is 1. The summed E-state index contributed by atoms with van der Waals surface area (Å²) in [6, 6.07) is 1.68. The van der Waals surface area contributed by atoms with Crippen molar-refractivity contribution in [1.29, 1.82) is 0 Å². The van der Waals surface area contributed by atoms with E-state index in [9.17, 15) is 14.7 Å². The number of alkyl halides is 1. The number of fused-ring (bicyclic) bond motifs is 1. The average molecular weight is 561 g/mol. The van der Waals surface area contributed by atoms with Crippen molar-refractivity contribution in [3.63, 3.8) is 0 Å². The van der Waals surface area contributed by atoms with Crippen LogP contribution < -0.4 is 4.74 Å². The topological polar surface area (TPSA) is 63.6 Å². The minimum Gasteiger partial charge on any atom is -0.503 e. The van der Waals surface area contributed by atoms with Gasteiger partial charge in [0.05, 0.1) is 11.6 Å². The van der Waals surface area contributed by atoms with E-state index in [0.29, 0.717) is 26.5 Å². The SMILES string of the molecule is C=CC1=CC[C@H]2C(=O)C(C)=CC(=O)[C@@]2(Br)[C@H]1c1cc(OC)c(O)c(Br)c1Br. The molecule has 0 amide bonds. The van der Waals surface area contributed by atoms with Crippen molar-refractivity contribution in [1.82, 2.24) is 0 Å². The van der Waals surface area contributed by atoms with Crippen LogP contribution in [-0.2, 0) is 9.59 Å². The molecule has 142 valence electrons. The maximum absolute atomic E-state index is 13.1. The van der Waals surface area contributed by atoms with Gasteiger partial charge in [0.1, 0.15) is 4.32 Å². The van der Waals surface area contributed by atoms with Gasteiger partial charge in [0, 0.05) is 16.3 Å². The fourth-order valence-electron chi connectivity index (χ4n) is 3.84. The minimum absolute atomic E-state index is 0.0447. The number of phenols is 1. The van der Waals surface area contributed by atoms with Crippen molar-refractivity contribution in [2.45, 2.75) is 23.6 Å². The standard InChI is InChI=1S/C20H17Br3O4/c1-4-10-5-6-12-18(25)9(2)7-14(24)20(12,23)15(10)11-8-13(27-3)19(26)17(22)16(11)21/h4-5,7-8,12,15,26H,1,6H2,2-3H3/t12-,15+,20+/m0/s1. The highest BCUT2D eigenvalue weighted by atomic mass is 79.9. The number of hydrogen-bond acceptors (Lipinski definition) is 4. The molecule has 0 aliphatic heterocycles. The number of Topliss-reactive ketones (excluding diaryl/α,β-unsaturated/α-hetero) is 1. The summed E-state index contributed by atoms with van der Waals surface area (Å²) in [6.45, 7) is 5.56. The third-order valence-electron chi connectivity index (χ3n) is 5.22. The van der Waals surface area contributed by atoms with Gasteiger partial charge in [-0.1, -0.05) is 34.7 Å². The number of allylic oxidation sites excluding steroid dienone is 5. The van der Waals surface area contributed by atoms with Crippen LogP contribution in [0.25, 0.3) is 0 Å². The number of benzene rings is 1. The summed E-state index contributed by atoms with van der Waals surface area (Å²) < 4.78 is 5.16. The highest BCUT2D eigenvalue weighted by molar-refractivity contribution is 9.13. The zero-order valence-corrected chi connectivity index (χ0v) is 19.4. The first-order chi connectivity index (χ1) is 12.7. The summed E-state index contributed by atoms with van der Waals surface area (Å²) in [5.74, 6) is -0.990. The van der Waals surface area contributed by atoms with E-state index in [1.54, 1.807) is 19.1 Å². The Balaban J connectivity index is 2.33. The highest BCUT2D eigenvalue weighted by Gasteiger charge is 2.57. The van der Waals surface area contributed by atoms with Crippen LogP contribution >= 0.6 is 47.8 Å². The second-order valence-corrected chi connectivity index (χ2v) is 9.50. The van der Waals surface area contributed by atoms with Crippen molar-refractivity contribution < 1.29 is 19.4 Å². The molecule has 0 aromatic heterocycles. The molecule has 0 radical (unpaired) electrons. The predicted octanol–water partition coefficient (Wildman–Crippen LogP) is 5.37. The molecule has 0 saturated heterocycles. The molecule has 7 heteroatoms. The molecular weight excluding hydrogens is 544 g/mol. The Bertz CT molecular complexity index is 932. The van der Waals surface area contributed by atoms with Crippen molar-refractivity contribution in [2.75, 3.05) is 7.11 Å². The van der Waals surface area contributed by atoms with Crippen LogP contribution in [-0.4, -0.2) is 28.1 Å². The van der Waals surface area contributed by atoms with Gasteiger partial charge in [-0.2, -0.15) is 0 Å². The first-order valence-corrected chi connectivity index (χ1v) is 10.6. The van der Waals surface area contributed by atoms with E-state index in [2.05, 4.69) is 54.4 Å². The largest absolute Gasteiger partial charge is 0.503 e.